The van der Waals surface area contributed by atoms with Crippen LogP contribution < -0.4 is 5.32 Å². The van der Waals surface area contributed by atoms with Gasteiger partial charge in [-0.05, 0) is 32.4 Å². The Kier molecular flexibility index (Phi) is 7.98. The van der Waals surface area contributed by atoms with E-state index < -0.39 is 0 Å². The summed E-state index contributed by atoms with van der Waals surface area (Å²) in [5, 5.41) is 3.46. The summed E-state index contributed by atoms with van der Waals surface area (Å²) in [6.45, 7) is 13.0. The van der Waals surface area contributed by atoms with Crippen molar-refractivity contribution in [1.82, 2.24) is 10.2 Å². The fraction of sp³-hybridized carbons (Fsp3) is 1.00. The van der Waals surface area contributed by atoms with Crippen LogP contribution in [0.5, 0.6) is 0 Å². The number of nitrogens with one attached hydrogen (secondary N) is 1. The molecule has 0 radical (unpaired) electrons. The topological polar surface area (TPSA) is 24.5 Å². The molecule has 0 aromatic rings. The molecule has 0 aromatic carbocycles. The molecule has 0 aliphatic rings. The molecular weight excluding hydrogens is 200 g/mol. The summed E-state index contributed by atoms with van der Waals surface area (Å²) in [6.07, 6.45) is 1.20. The molecule has 3 nitrogen and oxygen atoms in total. The molecule has 16 heavy (non-hydrogen) atoms. The van der Waals surface area contributed by atoms with Gasteiger partial charge in [-0.15, -0.1) is 0 Å². The van der Waals surface area contributed by atoms with E-state index in [1.165, 1.54) is 6.42 Å². The zero-order chi connectivity index (χ0) is 12.6. The monoisotopic (exact) mass is 230 g/mol. The lowest BCUT2D eigenvalue weighted by molar-refractivity contribution is 0.0838. The second-order valence-corrected chi connectivity index (χ2v) is 5.16. The smallest absolute Gasteiger partial charge is 0.0615 e. The Bertz CT molecular complexity index is 175. The predicted octanol–water partition coefficient (Wildman–Crippen LogP) is 1.98. The highest BCUT2D eigenvalue weighted by atomic mass is 16.5. The van der Waals surface area contributed by atoms with Gasteiger partial charge in [0, 0.05) is 26.2 Å². The van der Waals surface area contributed by atoms with Gasteiger partial charge in [0.15, 0.2) is 0 Å². The minimum absolute atomic E-state index is 0.354. The van der Waals surface area contributed by atoms with Crippen LogP contribution in [0.4, 0.5) is 0 Å². The van der Waals surface area contributed by atoms with Gasteiger partial charge in [0.25, 0.3) is 0 Å². The highest BCUT2D eigenvalue weighted by Crippen LogP contribution is 2.22. The number of hydrogen-bond donors (Lipinski definition) is 1. The van der Waals surface area contributed by atoms with Crippen molar-refractivity contribution in [2.24, 2.45) is 5.41 Å². The molecule has 0 saturated carbocycles. The van der Waals surface area contributed by atoms with Crippen LogP contribution in [0.25, 0.3) is 0 Å². The molecule has 0 spiro atoms. The lowest BCUT2D eigenvalue weighted by Gasteiger charge is -2.36. The number of nitrogens with zero attached hydrogens (tertiary/aromatic N) is 1. The van der Waals surface area contributed by atoms with Gasteiger partial charge in [0.2, 0.25) is 0 Å². The summed E-state index contributed by atoms with van der Waals surface area (Å²) in [6, 6.07) is 0.484. The normalized spacial score (nSPS) is 17.4. The number of rotatable bonds is 9. The third-order valence-electron chi connectivity index (χ3n) is 3.45. The zero-order valence-electron chi connectivity index (χ0n) is 12.0. The fourth-order valence-corrected chi connectivity index (χ4v) is 1.85. The molecular formula is C13H30N2O. The molecule has 0 aliphatic carbocycles. The van der Waals surface area contributed by atoms with Crippen LogP contribution in [0.3, 0.4) is 0 Å². The third kappa shape index (κ3) is 5.83. The molecule has 0 saturated heterocycles. The first-order valence-electron chi connectivity index (χ1n) is 6.39. The first-order chi connectivity index (χ1) is 7.49. The van der Waals surface area contributed by atoms with Gasteiger partial charge < -0.3 is 15.0 Å². The second-order valence-electron chi connectivity index (χ2n) is 5.16. The van der Waals surface area contributed by atoms with E-state index in [0.29, 0.717) is 11.5 Å². The van der Waals surface area contributed by atoms with Crippen LogP contribution in [0, 0.1) is 5.41 Å². The quantitative estimate of drug-likeness (QED) is 0.655. The Labute approximate surface area is 102 Å². The van der Waals surface area contributed by atoms with Crippen LogP contribution in [0.15, 0.2) is 0 Å². The number of methoxy groups -OCH3 is 1. The summed E-state index contributed by atoms with van der Waals surface area (Å²) in [5.41, 5.74) is 0.354. The molecule has 1 N–H and O–H groups in total. The van der Waals surface area contributed by atoms with Crippen molar-refractivity contribution >= 4 is 0 Å². The zero-order valence-corrected chi connectivity index (χ0v) is 12.0. The third-order valence-corrected chi connectivity index (χ3v) is 3.45. The largest absolute Gasteiger partial charge is 0.383 e. The fourth-order valence-electron chi connectivity index (χ4n) is 1.85. The second kappa shape index (κ2) is 8.04. The van der Waals surface area contributed by atoms with Gasteiger partial charge in [0.05, 0.1) is 6.61 Å². The van der Waals surface area contributed by atoms with E-state index in [-0.39, 0.29) is 0 Å². The molecule has 3 heteroatoms. The minimum atomic E-state index is 0.354. The molecule has 0 amide bonds. The molecule has 98 valence electrons. The van der Waals surface area contributed by atoms with Crippen LogP contribution in [-0.4, -0.2) is 51.3 Å². The van der Waals surface area contributed by atoms with Crippen molar-refractivity contribution in [1.29, 1.82) is 0 Å². The summed E-state index contributed by atoms with van der Waals surface area (Å²) >= 11 is 0. The predicted molar refractivity (Wildman–Crippen MR) is 70.9 cm³/mol. The van der Waals surface area contributed by atoms with Gasteiger partial charge in [-0.1, -0.05) is 20.8 Å². The van der Waals surface area contributed by atoms with Crippen molar-refractivity contribution in [2.45, 2.75) is 40.2 Å². The summed E-state index contributed by atoms with van der Waals surface area (Å²) in [5.74, 6) is 0. The Morgan fingerprint density at radius 1 is 1.38 bits per heavy atom. The van der Waals surface area contributed by atoms with Gasteiger partial charge in [0.1, 0.15) is 0 Å². The molecule has 0 rings (SSSR count). The molecule has 0 bridgehead atoms. The lowest BCUT2D eigenvalue weighted by Crippen LogP contribution is -2.44. The number of hydrogen-bond acceptors (Lipinski definition) is 3. The highest BCUT2D eigenvalue weighted by molar-refractivity contribution is 4.80. The van der Waals surface area contributed by atoms with E-state index >= 15 is 0 Å². The van der Waals surface area contributed by atoms with E-state index in [1.54, 1.807) is 7.11 Å². The van der Waals surface area contributed by atoms with Crippen LogP contribution >= 0.6 is 0 Å². The lowest BCUT2D eigenvalue weighted by atomic mass is 9.86. The van der Waals surface area contributed by atoms with Gasteiger partial charge >= 0.3 is 0 Å². The van der Waals surface area contributed by atoms with Crippen molar-refractivity contribution in [3.8, 4) is 0 Å². The van der Waals surface area contributed by atoms with Crippen molar-refractivity contribution < 1.29 is 4.74 Å². The summed E-state index contributed by atoms with van der Waals surface area (Å²) in [4.78, 5) is 2.39. The Balaban J connectivity index is 4.17. The molecule has 0 aromatic heterocycles. The molecule has 2 atom stereocenters. The van der Waals surface area contributed by atoms with Gasteiger partial charge in [-0.3, -0.25) is 0 Å². The Hall–Kier alpha value is -0.120. The average molecular weight is 230 g/mol. The highest BCUT2D eigenvalue weighted by Gasteiger charge is 2.25. The summed E-state index contributed by atoms with van der Waals surface area (Å²) < 4.78 is 5.20. The number of likely N-dealkylation sites (N-methyl/N-ethyl adjacent to an activating group) is 1. The molecule has 0 fully saturated rings. The van der Waals surface area contributed by atoms with E-state index in [4.69, 9.17) is 4.74 Å². The Morgan fingerprint density at radius 3 is 2.44 bits per heavy atom. The summed E-state index contributed by atoms with van der Waals surface area (Å²) in [7, 11) is 3.95. The van der Waals surface area contributed by atoms with E-state index in [0.717, 1.165) is 26.2 Å². The maximum Gasteiger partial charge on any atom is 0.0615 e. The standard InChI is InChI=1S/C13H30N2O/c1-7-13(4,10-14-8-2)11-15(5)12(3)9-16-6/h12,14H,7-11H2,1-6H3. The van der Waals surface area contributed by atoms with Gasteiger partial charge in [-0.2, -0.15) is 0 Å². The van der Waals surface area contributed by atoms with Crippen LogP contribution in [0.1, 0.15) is 34.1 Å². The van der Waals surface area contributed by atoms with Crippen molar-refractivity contribution in [3.63, 3.8) is 0 Å². The maximum atomic E-state index is 5.20. The maximum absolute atomic E-state index is 5.20. The van der Waals surface area contributed by atoms with E-state index in [9.17, 15) is 0 Å². The van der Waals surface area contributed by atoms with Crippen molar-refractivity contribution in [2.75, 3.05) is 40.4 Å². The average Bonchev–Trinajstić information content (AvgIpc) is 2.26. The SMILES string of the molecule is CCNCC(C)(CC)CN(C)C(C)COC. The number of ether oxygens (including phenoxy) is 1. The Morgan fingerprint density at radius 2 is 2.00 bits per heavy atom. The first kappa shape index (κ1) is 15.9. The minimum Gasteiger partial charge on any atom is -0.383 e. The van der Waals surface area contributed by atoms with Gasteiger partial charge in [-0.25, -0.2) is 0 Å². The van der Waals surface area contributed by atoms with Crippen molar-refractivity contribution in [3.05, 3.63) is 0 Å². The first-order valence-corrected chi connectivity index (χ1v) is 6.39. The van der Waals surface area contributed by atoms with Crippen LogP contribution in [0.2, 0.25) is 0 Å². The molecule has 0 aliphatic heterocycles. The van der Waals surface area contributed by atoms with Crippen LogP contribution in [-0.2, 0) is 4.74 Å². The van der Waals surface area contributed by atoms with E-state index in [1.807, 2.05) is 0 Å². The van der Waals surface area contributed by atoms with E-state index in [2.05, 4.69) is 45.0 Å². The molecule has 2 unspecified atom stereocenters. The molecule has 0 heterocycles.